The molecule has 2 aromatic carbocycles. The Morgan fingerprint density at radius 2 is 1.78 bits per heavy atom. The molecule has 32 heavy (non-hydrogen) atoms. The zero-order valence-corrected chi connectivity index (χ0v) is 17.6. The molecule has 1 aliphatic rings. The number of benzene rings is 2. The van der Waals surface area contributed by atoms with Gasteiger partial charge in [-0.15, -0.1) is 0 Å². The van der Waals surface area contributed by atoms with Crippen molar-refractivity contribution >= 4 is 22.6 Å². The maximum absolute atomic E-state index is 13.4. The summed E-state index contributed by atoms with van der Waals surface area (Å²) in [6, 6.07) is 17.3. The van der Waals surface area contributed by atoms with Crippen LogP contribution >= 0.6 is 0 Å². The summed E-state index contributed by atoms with van der Waals surface area (Å²) in [6.07, 6.45) is 7.16. The summed E-state index contributed by atoms with van der Waals surface area (Å²) < 4.78 is 5.90. The summed E-state index contributed by atoms with van der Waals surface area (Å²) in [6.45, 7) is 0. The zero-order chi connectivity index (χ0) is 21.9. The quantitative estimate of drug-likeness (QED) is 0.386. The van der Waals surface area contributed by atoms with E-state index in [9.17, 15) is 4.79 Å². The van der Waals surface area contributed by atoms with E-state index in [4.69, 9.17) is 10.5 Å². The van der Waals surface area contributed by atoms with Gasteiger partial charge in [0.05, 0.1) is 10.9 Å². The van der Waals surface area contributed by atoms with Gasteiger partial charge in [0.1, 0.15) is 29.3 Å². The molecule has 0 bridgehead atoms. The number of fused-ring (bicyclic) bond motifs is 1. The molecule has 0 amide bonds. The number of carbonyl (C=O) groups is 1. The van der Waals surface area contributed by atoms with Crippen LogP contribution in [-0.2, 0) is 0 Å². The summed E-state index contributed by atoms with van der Waals surface area (Å²) in [5, 5.41) is 4.23. The second-order valence-corrected chi connectivity index (χ2v) is 8.18. The lowest BCUT2D eigenvalue weighted by Crippen LogP contribution is -2.33. The second kappa shape index (κ2) is 8.80. The second-order valence-electron chi connectivity index (χ2n) is 8.18. The first kappa shape index (κ1) is 20.2. The summed E-state index contributed by atoms with van der Waals surface area (Å²) in [5.41, 5.74) is 7.75. The number of anilines is 1. The Morgan fingerprint density at radius 1 is 1.00 bits per heavy atom. The molecule has 0 atom stereocenters. The number of ketones is 1. The van der Waals surface area contributed by atoms with Crippen LogP contribution in [0.2, 0.25) is 0 Å². The van der Waals surface area contributed by atoms with Gasteiger partial charge in [0, 0.05) is 23.8 Å². The lowest BCUT2D eigenvalue weighted by molar-refractivity contribution is 0.104. The fourth-order valence-corrected chi connectivity index (χ4v) is 4.19. The Kier molecular flexibility index (Phi) is 5.56. The minimum atomic E-state index is -0.113. The first-order valence-electron chi connectivity index (χ1n) is 10.9. The number of nitrogens with one attached hydrogen (secondary N) is 2. The van der Waals surface area contributed by atoms with Crippen LogP contribution in [0.4, 0.5) is 5.82 Å². The summed E-state index contributed by atoms with van der Waals surface area (Å²) in [5.74, 6) is 1.89. The minimum Gasteiger partial charge on any atom is -0.457 e. The highest BCUT2D eigenvalue weighted by Gasteiger charge is 2.23. The molecule has 2 aromatic heterocycles. The van der Waals surface area contributed by atoms with Crippen LogP contribution in [0.15, 0.2) is 67.1 Å². The van der Waals surface area contributed by atoms with Gasteiger partial charge in [0.15, 0.2) is 5.78 Å². The fourth-order valence-electron chi connectivity index (χ4n) is 4.19. The third-order valence-corrected chi connectivity index (χ3v) is 5.90. The third kappa shape index (κ3) is 4.20. The van der Waals surface area contributed by atoms with E-state index < -0.39 is 0 Å². The number of ether oxygens (including phenoxy) is 1. The van der Waals surface area contributed by atoms with Gasteiger partial charge in [0.25, 0.3) is 0 Å². The van der Waals surface area contributed by atoms with E-state index in [1.165, 1.54) is 6.33 Å². The van der Waals surface area contributed by atoms with E-state index in [-0.39, 0.29) is 17.9 Å². The van der Waals surface area contributed by atoms with Crippen molar-refractivity contribution in [2.45, 2.75) is 37.8 Å². The average molecular weight is 428 g/mol. The lowest BCUT2D eigenvalue weighted by atomic mass is 9.92. The van der Waals surface area contributed by atoms with Crippen LogP contribution in [0, 0.1) is 0 Å². The van der Waals surface area contributed by atoms with Crippen LogP contribution in [-0.4, -0.2) is 32.8 Å². The number of aromatic amines is 1. The van der Waals surface area contributed by atoms with Gasteiger partial charge in [0.2, 0.25) is 0 Å². The Bertz CT molecular complexity index is 1230. The van der Waals surface area contributed by atoms with Gasteiger partial charge in [-0.2, -0.15) is 0 Å². The van der Waals surface area contributed by atoms with Crippen molar-refractivity contribution in [3.63, 3.8) is 0 Å². The molecule has 2 heterocycles. The Hall–Kier alpha value is -3.71. The van der Waals surface area contributed by atoms with Crippen LogP contribution in [0.25, 0.3) is 11.0 Å². The zero-order valence-electron chi connectivity index (χ0n) is 17.6. The number of hydrogen-bond acceptors (Lipinski definition) is 6. The molecular weight excluding hydrogens is 402 g/mol. The van der Waals surface area contributed by atoms with Gasteiger partial charge in [-0.1, -0.05) is 30.3 Å². The summed E-state index contributed by atoms with van der Waals surface area (Å²) >= 11 is 0. The molecule has 4 N–H and O–H groups in total. The van der Waals surface area contributed by atoms with Gasteiger partial charge in [-0.3, -0.25) is 4.79 Å². The van der Waals surface area contributed by atoms with E-state index in [0.717, 1.165) is 31.4 Å². The molecule has 5 rings (SSSR count). The van der Waals surface area contributed by atoms with Crippen LogP contribution < -0.4 is 15.8 Å². The number of carbonyl (C=O) groups excluding carboxylic acids is 1. The van der Waals surface area contributed by atoms with Crippen LogP contribution in [0.5, 0.6) is 11.5 Å². The molecule has 4 aromatic rings. The largest absolute Gasteiger partial charge is 0.457 e. The molecular formula is C25H25N5O2. The third-order valence-electron chi connectivity index (χ3n) is 5.90. The number of nitrogens with zero attached hydrogens (tertiary/aromatic N) is 2. The molecule has 0 radical (unpaired) electrons. The topological polar surface area (TPSA) is 106 Å². The average Bonchev–Trinajstić information content (AvgIpc) is 3.26. The fraction of sp³-hybridized carbons (Fsp3) is 0.240. The Morgan fingerprint density at radius 3 is 2.59 bits per heavy atom. The molecule has 1 aliphatic carbocycles. The van der Waals surface area contributed by atoms with Gasteiger partial charge in [-0.25, -0.2) is 9.97 Å². The molecule has 7 heteroatoms. The van der Waals surface area contributed by atoms with Crippen LogP contribution in [0.3, 0.4) is 0 Å². The van der Waals surface area contributed by atoms with Crippen molar-refractivity contribution in [1.29, 1.82) is 0 Å². The highest BCUT2D eigenvalue weighted by atomic mass is 16.5. The first-order valence-corrected chi connectivity index (χ1v) is 10.9. The van der Waals surface area contributed by atoms with Crippen LogP contribution in [0.1, 0.15) is 41.6 Å². The molecule has 0 saturated heterocycles. The SMILES string of the molecule is NC1CCC(Nc2ncnc3[nH]cc(C(=O)c4cccc(Oc5ccccc5)c4)c23)CC1. The first-order chi connectivity index (χ1) is 15.7. The van der Waals surface area contributed by atoms with Crippen molar-refractivity contribution < 1.29 is 9.53 Å². The van der Waals surface area contributed by atoms with Crippen molar-refractivity contribution in [2.24, 2.45) is 5.73 Å². The number of hydrogen-bond donors (Lipinski definition) is 3. The highest BCUT2D eigenvalue weighted by Crippen LogP contribution is 2.29. The standard InChI is InChI=1S/C25H25N5O2/c26-17-9-11-18(12-10-17)30-25-22-21(14-27-24(22)28-15-29-25)23(31)16-5-4-8-20(13-16)32-19-6-2-1-3-7-19/h1-8,13-15,17-18H,9-12,26H2,(H2,27,28,29,30). The summed E-state index contributed by atoms with van der Waals surface area (Å²) in [4.78, 5) is 25.3. The number of rotatable bonds is 6. The molecule has 1 fully saturated rings. The number of aromatic nitrogens is 3. The monoisotopic (exact) mass is 427 g/mol. The minimum absolute atomic E-state index is 0.113. The lowest BCUT2D eigenvalue weighted by Gasteiger charge is -2.27. The molecule has 0 spiro atoms. The maximum atomic E-state index is 13.4. The van der Waals surface area contributed by atoms with Gasteiger partial charge >= 0.3 is 0 Å². The van der Waals surface area contributed by atoms with Gasteiger partial charge < -0.3 is 20.8 Å². The number of H-pyrrole nitrogens is 1. The van der Waals surface area contributed by atoms with Crippen molar-refractivity contribution in [1.82, 2.24) is 15.0 Å². The molecule has 1 saturated carbocycles. The van der Waals surface area contributed by atoms with Crippen molar-refractivity contribution in [3.05, 3.63) is 78.2 Å². The van der Waals surface area contributed by atoms with Crippen molar-refractivity contribution in [2.75, 3.05) is 5.32 Å². The van der Waals surface area contributed by atoms with Gasteiger partial charge in [-0.05, 0) is 49.9 Å². The smallest absolute Gasteiger partial charge is 0.195 e. The molecule has 162 valence electrons. The Balaban J connectivity index is 1.43. The number of para-hydroxylation sites is 1. The predicted octanol–water partition coefficient (Wildman–Crippen LogP) is 4.66. The maximum Gasteiger partial charge on any atom is 0.195 e. The van der Waals surface area contributed by atoms with E-state index in [1.54, 1.807) is 18.3 Å². The van der Waals surface area contributed by atoms with E-state index in [2.05, 4.69) is 20.3 Å². The predicted molar refractivity (Wildman–Crippen MR) is 124 cm³/mol. The number of nitrogens with two attached hydrogens (primary N) is 1. The Labute approximate surface area is 186 Å². The van der Waals surface area contributed by atoms with E-state index in [0.29, 0.717) is 33.7 Å². The normalized spacial score (nSPS) is 18.4. The van der Waals surface area contributed by atoms with E-state index >= 15 is 0 Å². The van der Waals surface area contributed by atoms with Crippen molar-refractivity contribution in [3.8, 4) is 11.5 Å². The summed E-state index contributed by atoms with van der Waals surface area (Å²) in [7, 11) is 0. The molecule has 7 nitrogen and oxygen atoms in total. The molecule has 0 aliphatic heterocycles. The molecule has 0 unspecified atom stereocenters. The van der Waals surface area contributed by atoms with E-state index in [1.807, 2.05) is 42.5 Å². The highest BCUT2D eigenvalue weighted by molar-refractivity contribution is 6.18.